The van der Waals surface area contributed by atoms with Gasteiger partial charge in [0, 0.05) is 23.5 Å². The molecule has 4 nitrogen and oxygen atoms in total. The predicted octanol–water partition coefficient (Wildman–Crippen LogP) is 4.29. The lowest BCUT2D eigenvalue weighted by Gasteiger charge is -2.12. The first kappa shape index (κ1) is 14.7. The van der Waals surface area contributed by atoms with Crippen LogP contribution in [0.4, 0.5) is 21.7 Å². The van der Waals surface area contributed by atoms with E-state index < -0.39 is 0 Å². The zero-order valence-electron chi connectivity index (χ0n) is 11.5. The Kier molecular flexibility index (Phi) is 4.54. The summed E-state index contributed by atoms with van der Waals surface area (Å²) >= 11 is 3.38. The summed E-state index contributed by atoms with van der Waals surface area (Å²) in [5.41, 5.74) is 0.625. The molecule has 0 fully saturated rings. The third-order valence-corrected chi connectivity index (χ3v) is 3.40. The number of benzene rings is 1. The molecule has 0 bridgehead atoms. The lowest BCUT2D eigenvalue weighted by Crippen LogP contribution is -2.05. The monoisotopic (exact) mass is 338 g/mol. The summed E-state index contributed by atoms with van der Waals surface area (Å²) < 4.78 is 14.1. The van der Waals surface area contributed by atoms with Gasteiger partial charge < -0.3 is 10.6 Å². The molecule has 0 saturated heterocycles. The zero-order chi connectivity index (χ0) is 14.7. The number of nitrogens with one attached hydrogen (secondary N) is 2. The van der Waals surface area contributed by atoms with E-state index in [1.165, 1.54) is 12.1 Å². The van der Waals surface area contributed by atoms with E-state index in [1.807, 2.05) is 13.8 Å². The summed E-state index contributed by atoms with van der Waals surface area (Å²) in [7, 11) is 1.80. The number of halogens is 2. The molecule has 1 aromatic heterocycles. The molecule has 0 aliphatic rings. The highest BCUT2D eigenvalue weighted by molar-refractivity contribution is 9.10. The fourth-order valence-corrected chi connectivity index (χ4v) is 1.99. The lowest BCUT2D eigenvalue weighted by atomic mass is 10.2. The maximum absolute atomic E-state index is 13.3. The van der Waals surface area contributed by atoms with Crippen LogP contribution in [-0.2, 0) is 0 Å². The van der Waals surface area contributed by atoms with Crippen molar-refractivity contribution in [2.45, 2.75) is 19.8 Å². The van der Waals surface area contributed by atoms with E-state index in [9.17, 15) is 4.39 Å². The van der Waals surface area contributed by atoms with Crippen molar-refractivity contribution in [3.8, 4) is 0 Å². The van der Waals surface area contributed by atoms with Gasteiger partial charge in [-0.15, -0.1) is 0 Å². The Morgan fingerprint density at radius 1 is 1.15 bits per heavy atom. The summed E-state index contributed by atoms with van der Waals surface area (Å²) in [6.07, 6.45) is 0. The van der Waals surface area contributed by atoms with Crippen LogP contribution in [0, 0.1) is 5.82 Å². The second kappa shape index (κ2) is 6.17. The number of hydrogen-bond donors (Lipinski definition) is 2. The summed E-state index contributed by atoms with van der Waals surface area (Å²) in [5, 5.41) is 6.10. The first-order chi connectivity index (χ1) is 9.49. The zero-order valence-corrected chi connectivity index (χ0v) is 13.1. The molecule has 0 aliphatic heterocycles. The molecule has 0 saturated carbocycles. The molecule has 1 heterocycles. The maximum Gasteiger partial charge on any atom is 0.136 e. The van der Waals surface area contributed by atoms with Gasteiger partial charge in [0.15, 0.2) is 0 Å². The first-order valence-corrected chi connectivity index (χ1v) is 7.07. The van der Waals surface area contributed by atoms with E-state index in [-0.39, 0.29) is 11.7 Å². The van der Waals surface area contributed by atoms with Crippen molar-refractivity contribution < 1.29 is 4.39 Å². The highest BCUT2D eigenvalue weighted by Crippen LogP contribution is 2.27. The average Bonchev–Trinajstić information content (AvgIpc) is 2.42. The van der Waals surface area contributed by atoms with Crippen molar-refractivity contribution in [3.05, 3.63) is 40.4 Å². The summed E-state index contributed by atoms with van der Waals surface area (Å²) in [4.78, 5) is 8.83. The van der Waals surface area contributed by atoms with E-state index in [2.05, 4.69) is 36.5 Å². The number of hydrogen-bond acceptors (Lipinski definition) is 4. The second-order valence-corrected chi connectivity index (χ2v) is 5.50. The Morgan fingerprint density at radius 2 is 1.85 bits per heavy atom. The standard InChI is InChI=1S/C14H16BrFN4/c1-8(2)14-19-12(17-3)7-13(20-14)18-11-6-9(16)4-5-10(11)15/h4-8H,1-3H3,(H2,17,18,19,20). The molecule has 0 unspecified atom stereocenters. The smallest absolute Gasteiger partial charge is 0.136 e. The summed E-state index contributed by atoms with van der Waals surface area (Å²) in [5.74, 6) is 1.98. The molecule has 2 aromatic rings. The van der Waals surface area contributed by atoms with Gasteiger partial charge >= 0.3 is 0 Å². The number of anilines is 3. The Labute approximate surface area is 126 Å². The van der Waals surface area contributed by atoms with Crippen molar-refractivity contribution in [2.24, 2.45) is 0 Å². The topological polar surface area (TPSA) is 49.8 Å². The Balaban J connectivity index is 2.37. The van der Waals surface area contributed by atoms with Crippen LogP contribution in [0.3, 0.4) is 0 Å². The minimum Gasteiger partial charge on any atom is -0.373 e. The Morgan fingerprint density at radius 3 is 2.50 bits per heavy atom. The van der Waals surface area contributed by atoms with Gasteiger partial charge in [0.1, 0.15) is 23.3 Å². The van der Waals surface area contributed by atoms with E-state index >= 15 is 0 Å². The molecular weight excluding hydrogens is 323 g/mol. The number of aromatic nitrogens is 2. The second-order valence-electron chi connectivity index (χ2n) is 4.65. The van der Waals surface area contributed by atoms with Crippen molar-refractivity contribution in [2.75, 3.05) is 17.7 Å². The SMILES string of the molecule is CNc1cc(Nc2cc(F)ccc2Br)nc(C(C)C)n1. The minimum absolute atomic E-state index is 0.208. The third kappa shape index (κ3) is 3.45. The molecule has 106 valence electrons. The molecule has 0 spiro atoms. The average molecular weight is 339 g/mol. The van der Waals surface area contributed by atoms with Crippen LogP contribution >= 0.6 is 15.9 Å². The lowest BCUT2D eigenvalue weighted by molar-refractivity contribution is 0.628. The highest BCUT2D eigenvalue weighted by atomic mass is 79.9. The first-order valence-electron chi connectivity index (χ1n) is 6.28. The number of nitrogens with zero attached hydrogens (tertiary/aromatic N) is 2. The quantitative estimate of drug-likeness (QED) is 0.873. The van der Waals surface area contributed by atoms with Gasteiger partial charge in [-0.2, -0.15) is 0 Å². The van der Waals surface area contributed by atoms with Crippen LogP contribution in [-0.4, -0.2) is 17.0 Å². The molecule has 0 amide bonds. The van der Waals surface area contributed by atoms with E-state index in [1.54, 1.807) is 19.2 Å². The van der Waals surface area contributed by atoms with Gasteiger partial charge in [-0.3, -0.25) is 0 Å². The van der Waals surface area contributed by atoms with Crippen LogP contribution in [0.1, 0.15) is 25.6 Å². The van der Waals surface area contributed by atoms with Gasteiger partial charge in [0.25, 0.3) is 0 Å². The fraction of sp³-hybridized carbons (Fsp3) is 0.286. The Hall–Kier alpha value is -1.69. The normalized spacial score (nSPS) is 10.7. The van der Waals surface area contributed by atoms with Crippen molar-refractivity contribution in [1.82, 2.24) is 9.97 Å². The van der Waals surface area contributed by atoms with Gasteiger partial charge in [-0.25, -0.2) is 14.4 Å². The molecule has 0 atom stereocenters. The van der Waals surface area contributed by atoms with Crippen molar-refractivity contribution in [3.63, 3.8) is 0 Å². The predicted molar refractivity (Wildman–Crippen MR) is 83.1 cm³/mol. The minimum atomic E-state index is -0.303. The van der Waals surface area contributed by atoms with Crippen LogP contribution in [0.25, 0.3) is 0 Å². The molecular formula is C14H16BrFN4. The summed E-state index contributed by atoms with van der Waals surface area (Å²) in [6, 6.07) is 6.25. The fourth-order valence-electron chi connectivity index (χ4n) is 1.65. The van der Waals surface area contributed by atoms with E-state index in [0.29, 0.717) is 11.5 Å². The van der Waals surface area contributed by atoms with Gasteiger partial charge in [0.2, 0.25) is 0 Å². The van der Waals surface area contributed by atoms with Crippen molar-refractivity contribution >= 4 is 33.3 Å². The van der Waals surface area contributed by atoms with Gasteiger partial charge in [0.05, 0.1) is 5.69 Å². The number of rotatable bonds is 4. The van der Waals surface area contributed by atoms with E-state index in [0.717, 1.165) is 16.1 Å². The van der Waals surface area contributed by atoms with Crippen LogP contribution in [0.2, 0.25) is 0 Å². The Bertz CT molecular complexity index is 616. The van der Waals surface area contributed by atoms with Crippen LogP contribution in [0.5, 0.6) is 0 Å². The maximum atomic E-state index is 13.3. The third-order valence-electron chi connectivity index (χ3n) is 2.71. The molecule has 2 N–H and O–H groups in total. The molecule has 0 radical (unpaired) electrons. The molecule has 20 heavy (non-hydrogen) atoms. The summed E-state index contributed by atoms with van der Waals surface area (Å²) in [6.45, 7) is 4.05. The van der Waals surface area contributed by atoms with E-state index in [4.69, 9.17) is 0 Å². The van der Waals surface area contributed by atoms with Crippen molar-refractivity contribution in [1.29, 1.82) is 0 Å². The molecule has 0 aliphatic carbocycles. The molecule has 6 heteroatoms. The van der Waals surface area contributed by atoms with Gasteiger partial charge in [-0.1, -0.05) is 13.8 Å². The van der Waals surface area contributed by atoms with Gasteiger partial charge in [-0.05, 0) is 34.1 Å². The van der Waals surface area contributed by atoms with Crippen LogP contribution in [0.15, 0.2) is 28.7 Å². The molecule has 1 aromatic carbocycles. The highest BCUT2D eigenvalue weighted by Gasteiger charge is 2.09. The largest absolute Gasteiger partial charge is 0.373 e. The molecule has 2 rings (SSSR count). The van der Waals surface area contributed by atoms with Crippen LogP contribution < -0.4 is 10.6 Å².